The Balaban J connectivity index is -0.0000000331. The molecule has 5 aromatic carbocycles. The molecule has 0 saturated heterocycles. The molecule has 0 radical (unpaired) electrons. The minimum Gasteiger partial charge on any atom is -0.497 e. The van der Waals surface area contributed by atoms with Crippen molar-refractivity contribution in [2.45, 2.75) is 106 Å². The van der Waals surface area contributed by atoms with Crippen LogP contribution in [0.5, 0.6) is 5.75 Å². The van der Waals surface area contributed by atoms with Gasteiger partial charge in [-0.25, -0.2) is 87.8 Å². The predicted molar refractivity (Wildman–Crippen MR) is 414 cm³/mol. The SMILES string of the molecule is C.C.C.C.C.C.C.C.COc1ccc(S)cc1.CSc1ccc(S)cc1.Cc1ccc(S)cc1.FCF.FCF.FCF.FCF.FCF.FCF.FCF.FCF.FCF.FCF.NCC(F)(F)S.NCC(F)(F)S.NCCS.NCS.Nc1ccc(S)cc1.O=[N+]([O-])c1ccc(S)cc1. The van der Waals surface area contributed by atoms with Crippen LogP contribution in [0.1, 0.15) is 65.0 Å². The Kier molecular flexibility index (Phi) is 226. The molecule has 0 aliphatic rings. The van der Waals surface area contributed by atoms with Crippen molar-refractivity contribution in [1.29, 1.82) is 0 Å². The summed E-state index contributed by atoms with van der Waals surface area (Å²) in [6.45, 7) is -16.2. The predicted octanol–water partition coefficient (Wildman–Crippen LogP) is 25.0. The summed E-state index contributed by atoms with van der Waals surface area (Å²) in [4.78, 5) is 15.6. The molecule has 0 aliphatic heterocycles. The quantitative estimate of drug-likeness (QED) is 0.0150. The number of alkyl halides is 24. The Bertz CT molecular complexity index is 1850. The van der Waals surface area contributed by atoms with Crippen molar-refractivity contribution in [2.75, 3.05) is 120 Å². The van der Waals surface area contributed by atoms with Crippen LogP contribution in [0.15, 0.2) is 151 Å². The lowest BCUT2D eigenvalue weighted by Crippen LogP contribution is -2.20. The first kappa shape index (κ1) is 159. The van der Waals surface area contributed by atoms with Crippen LogP contribution in [0.4, 0.5) is 117 Å². The Hall–Kier alpha value is -3.24. The van der Waals surface area contributed by atoms with E-state index in [4.69, 9.17) is 21.9 Å². The van der Waals surface area contributed by atoms with Gasteiger partial charge in [-0.05, 0) is 110 Å². The summed E-state index contributed by atoms with van der Waals surface area (Å²) in [5.41, 5.74) is 26.2. The summed E-state index contributed by atoms with van der Waals surface area (Å²) in [6, 6.07) is 37.1. The monoisotopic (exact) mass is 1710 g/mol. The third-order valence-electron chi connectivity index (χ3n) is 5.75. The normalized spacial score (nSPS) is 7.72. The lowest BCUT2D eigenvalue weighted by molar-refractivity contribution is -0.384. The van der Waals surface area contributed by atoms with Gasteiger partial charge in [-0.1, -0.05) is 77.1 Å². The second-order valence-electron chi connectivity index (χ2n) is 12.0. The van der Waals surface area contributed by atoms with E-state index in [0.29, 0.717) is 12.4 Å². The van der Waals surface area contributed by atoms with Gasteiger partial charge in [0.05, 0.1) is 25.1 Å². The fraction of sp³-hybridized carbons (Fsp3) is 0.483. The highest BCUT2D eigenvalue weighted by Gasteiger charge is 2.18. The van der Waals surface area contributed by atoms with Gasteiger partial charge in [0.1, 0.15) is 5.75 Å². The van der Waals surface area contributed by atoms with Crippen molar-refractivity contribution in [3.63, 3.8) is 0 Å². The van der Waals surface area contributed by atoms with Gasteiger partial charge < -0.3 is 33.4 Å². The standard InChI is InChI=1S/C7H8OS.C7H8S2.C7H8S.C6H5NO2S.C6H7NS.2C2H5F2NS.C2H7NS.10CH2F2.CH5NS.8CH4/c1-8-6-2-4-7(9)5-3-6;1-9-7-4-2-6(8)3-5-7;1-6-2-4-7(8)5-3-6;8-7(9)5-1-3-6(10)4-2-5;7-5-1-3-6(8)4-2-5;2*3-2(4,6)1-5;3-1-2-4;11*2-1-3;;;;;;;;/h2-5,9H,1H3;2-5,8H,1H3;2-5,8H,1H3;1-4,10H;1-4,8H,7H2;2*6H,1,5H2;4H,1-3H2;10*1H2;3H,1-2H2;8*1H4. The number of rotatable bonds is 6. The number of nitrogens with two attached hydrogens (primary N) is 5. The Morgan fingerprint density at radius 1 is 0.416 bits per heavy atom. The number of methoxy groups -OCH3 is 1. The molecular weight excluding hydrogens is 1610 g/mol. The molecule has 618 valence electrons. The minimum atomic E-state index is -2.99. The summed E-state index contributed by atoms with van der Waals surface area (Å²) < 4.78 is 242. The molecule has 10 N–H and O–H groups in total. The first-order valence-corrected chi connectivity index (χ1v) is 28.5. The highest BCUT2D eigenvalue weighted by atomic mass is 32.2. The zero-order valence-electron chi connectivity index (χ0n) is 49.2. The number of thiol groups is 9. The van der Waals surface area contributed by atoms with Crippen molar-refractivity contribution < 1.29 is 115 Å². The number of hydrogen-bond acceptors (Lipinski definition) is 18. The summed E-state index contributed by atoms with van der Waals surface area (Å²) in [5, 5.41) is 4.12. The maximum atomic E-state index is 11.2. The number of thioether (sulfide) groups is 1. The number of nitro groups is 1. The molecule has 0 aromatic heterocycles. The van der Waals surface area contributed by atoms with Crippen LogP contribution in [0.2, 0.25) is 0 Å². The van der Waals surface area contributed by atoms with Gasteiger partial charge >= 0.3 is 10.5 Å². The molecule has 0 saturated carbocycles. The zero-order chi connectivity index (χ0) is 76.5. The van der Waals surface area contributed by atoms with E-state index in [0.717, 1.165) is 41.7 Å². The number of non-ortho nitro benzene ring substituents is 1. The smallest absolute Gasteiger partial charge is 0.303 e. The molecule has 0 spiro atoms. The number of nitrogen functional groups attached to an aromatic ring is 1. The van der Waals surface area contributed by atoms with Gasteiger partial charge in [-0.2, -0.15) is 42.8 Å². The van der Waals surface area contributed by atoms with Crippen molar-refractivity contribution in [2.24, 2.45) is 22.9 Å². The largest absolute Gasteiger partial charge is 0.497 e. The maximum Gasteiger partial charge on any atom is 0.303 e. The van der Waals surface area contributed by atoms with Crippen LogP contribution >= 0.6 is 125 Å². The summed E-state index contributed by atoms with van der Waals surface area (Å²) in [7, 11) is 1.65. The third kappa shape index (κ3) is 228. The second-order valence-corrected chi connectivity index (χ2v) is 17.6. The van der Waals surface area contributed by atoms with E-state index in [1.165, 1.54) is 22.6 Å². The molecule has 0 bridgehead atoms. The van der Waals surface area contributed by atoms with E-state index >= 15 is 0 Å². The number of aryl methyl sites for hydroxylation is 1. The maximum absolute atomic E-state index is 11.2. The number of anilines is 1. The van der Waals surface area contributed by atoms with Crippen molar-refractivity contribution in [3.05, 3.63) is 137 Å². The number of nitro benzene ring substituents is 1. The van der Waals surface area contributed by atoms with Gasteiger partial charge in [0, 0.05) is 65.4 Å². The molecule has 0 fully saturated rings. The molecule has 9 nitrogen and oxygen atoms in total. The van der Waals surface area contributed by atoms with E-state index in [2.05, 4.69) is 150 Å². The number of halogens is 24. The number of hydrogen-bond donors (Lipinski definition) is 14. The van der Waals surface area contributed by atoms with E-state index in [9.17, 15) is 115 Å². The lowest BCUT2D eigenvalue weighted by atomic mass is 10.2. The first-order chi connectivity index (χ1) is 43.5. The van der Waals surface area contributed by atoms with Crippen molar-refractivity contribution in [3.8, 4) is 5.75 Å². The first-order valence-electron chi connectivity index (χ1n) is 22.8. The summed E-state index contributed by atoms with van der Waals surface area (Å²) >= 11 is 35.2. The fourth-order valence-electron chi connectivity index (χ4n) is 2.76. The van der Waals surface area contributed by atoms with E-state index in [-0.39, 0.29) is 65.1 Å². The molecule has 0 unspecified atom stereocenters. The van der Waals surface area contributed by atoms with E-state index < -0.39 is 97.8 Å². The Morgan fingerprint density at radius 3 is 0.723 bits per heavy atom. The van der Waals surface area contributed by atoms with Gasteiger partial charge in [-0.3, -0.25) is 10.1 Å². The van der Waals surface area contributed by atoms with Crippen molar-refractivity contribution in [1.82, 2.24) is 0 Å². The van der Waals surface area contributed by atoms with E-state index in [1.54, 1.807) is 31.0 Å². The summed E-state index contributed by atoms with van der Waals surface area (Å²) in [6.07, 6.45) is 2.06. The zero-order valence-corrected chi connectivity index (χ0v) is 58.1. The summed E-state index contributed by atoms with van der Waals surface area (Å²) in [5.74, 6) is 2.10. The second kappa shape index (κ2) is 143. The minimum absolute atomic E-state index is 0. The molecule has 5 rings (SSSR count). The van der Waals surface area contributed by atoms with Crippen molar-refractivity contribution >= 4 is 137 Å². The van der Waals surface area contributed by atoms with Crippen LogP contribution in [0, 0.1) is 17.0 Å². The van der Waals surface area contributed by atoms with E-state index in [1.807, 2.05) is 84.9 Å². The molecule has 101 heavy (non-hydrogen) atoms. The van der Waals surface area contributed by atoms with Crippen LogP contribution in [-0.4, -0.2) is 129 Å². The number of nitrogens with zero attached hydrogens (tertiary/aromatic N) is 1. The fourth-order valence-corrected chi connectivity index (χ4v) is 3.91. The Labute approximate surface area is 639 Å². The molecule has 5 aromatic rings. The molecule has 0 atom stereocenters. The Morgan fingerprint density at radius 2 is 0.584 bits per heavy atom. The third-order valence-corrected chi connectivity index (χ3v) is 8.61. The van der Waals surface area contributed by atoms with Crippen LogP contribution in [0.25, 0.3) is 0 Å². The van der Waals surface area contributed by atoms with Crippen LogP contribution in [0.3, 0.4) is 0 Å². The molecule has 43 heteroatoms. The lowest BCUT2D eigenvalue weighted by Gasteiger charge is -2.00. The highest BCUT2D eigenvalue weighted by molar-refractivity contribution is 7.98. The number of benzene rings is 5. The van der Waals surface area contributed by atoms with Gasteiger partial charge in [0.2, 0.25) is 69.3 Å². The number of ether oxygens (including phenoxy) is 1. The van der Waals surface area contributed by atoms with Crippen LogP contribution < -0.4 is 33.4 Å². The van der Waals surface area contributed by atoms with Gasteiger partial charge in [-0.15, -0.1) is 100 Å². The highest BCUT2D eigenvalue weighted by Crippen LogP contribution is 2.17. The molecular formula is C58H110F24N6O3S10. The van der Waals surface area contributed by atoms with Crippen LogP contribution in [-0.2, 0) is 0 Å². The molecule has 0 heterocycles. The molecule has 0 amide bonds. The van der Waals surface area contributed by atoms with Gasteiger partial charge in [0.25, 0.3) is 5.69 Å². The van der Waals surface area contributed by atoms with Gasteiger partial charge in [0.15, 0.2) is 0 Å². The average Bonchev–Trinajstić information content (AvgIpc) is 1.18. The topological polar surface area (TPSA) is 182 Å². The average molecular weight is 1720 g/mol. The molecule has 0 aliphatic carbocycles.